The largest absolute Gasteiger partial charge is 0.382 e. The third kappa shape index (κ3) is 2.31. The lowest BCUT2D eigenvalue weighted by Crippen LogP contribution is -2.05. The molecule has 0 aromatic carbocycles. The molecule has 0 unspecified atom stereocenters. The Morgan fingerprint density at radius 3 is 2.88 bits per heavy atom. The van der Waals surface area contributed by atoms with Crippen LogP contribution in [-0.4, -0.2) is 19.7 Å². The lowest BCUT2D eigenvalue weighted by molar-refractivity contribution is 0.738. The van der Waals surface area contributed by atoms with Gasteiger partial charge in [0.15, 0.2) is 5.82 Å². The van der Waals surface area contributed by atoms with Gasteiger partial charge in [0.1, 0.15) is 17.2 Å². The number of nitrogen functional groups attached to an aromatic ring is 1. The van der Waals surface area contributed by atoms with Crippen molar-refractivity contribution in [3.05, 3.63) is 28.8 Å². The first-order chi connectivity index (χ1) is 8.09. The van der Waals surface area contributed by atoms with Crippen molar-refractivity contribution >= 4 is 23.2 Å². The van der Waals surface area contributed by atoms with E-state index < -0.39 is 0 Å². The molecule has 0 fully saturated rings. The Labute approximate surface area is 104 Å². The van der Waals surface area contributed by atoms with Crippen LogP contribution in [0.25, 0.3) is 0 Å². The second kappa shape index (κ2) is 4.58. The molecule has 6 nitrogen and oxygen atoms in total. The lowest BCUT2D eigenvalue weighted by Gasteiger charge is -2.07. The number of aromatic nitrogens is 4. The van der Waals surface area contributed by atoms with Gasteiger partial charge in [-0.25, -0.2) is 9.97 Å². The monoisotopic (exact) mass is 252 g/mol. The first kappa shape index (κ1) is 11.7. The van der Waals surface area contributed by atoms with Gasteiger partial charge in [0.2, 0.25) is 0 Å². The van der Waals surface area contributed by atoms with E-state index >= 15 is 0 Å². The van der Waals surface area contributed by atoms with E-state index in [0.717, 1.165) is 11.3 Å². The summed E-state index contributed by atoms with van der Waals surface area (Å²) in [4.78, 5) is 7.82. The maximum atomic E-state index is 5.97. The van der Waals surface area contributed by atoms with Crippen molar-refractivity contribution in [2.45, 2.75) is 13.5 Å². The van der Waals surface area contributed by atoms with Gasteiger partial charge in [-0.3, -0.25) is 4.68 Å². The van der Waals surface area contributed by atoms with Gasteiger partial charge < -0.3 is 11.1 Å². The number of hydrogen-bond acceptors (Lipinski definition) is 5. The predicted molar refractivity (Wildman–Crippen MR) is 66.7 cm³/mol. The molecule has 0 spiro atoms. The van der Waals surface area contributed by atoms with Crippen molar-refractivity contribution in [1.82, 2.24) is 19.7 Å². The zero-order valence-corrected chi connectivity index (χ0v) is 10.4. The molecular formula is C10H13ClN6. The molecule has 0 saturated heterocycles. The molecule has 2 aromatic rings. The molecule has 7 heteroatoms. The third-order valence-corrected chi connectivity index (χ3v) is 2.97. The minimum atomic E-state index is 0.270. The molecule has 90 valence electrons. The number of hydrogen-bond donors (Lipinski definition) is 2. The Hall–Kier alpha value is -1.82. The van der Waals surface area contributed by atoms with E-state index in [9.17, 15) is 0 Å². The number of anilines is 2. The Balaban J connectivity index is 2.13. The zero-order chi connectivity index (χ0) is 12.4. The number of nitrogens with zero attached hydrogens (tertiary/aromatic N) is 4. The zero-order valence-electron chi connectivity index (χ0n) is 9.61. The molecular weight excluding hydrogens is 240 g/mol. The van der Waals surface area contributed by atoms with Gasteiger partial charge >= 0.3 is 0 Å². The van der Waals surface area contributed by atoms with Crippen LogP contribution in [0.5, 0.6) is 0 Å². The molecule has 3 N–H and O–H groups in total. The summed E-state index contributed by atoms with van der Waals surface area (Å²) in [6.45, 7) is 2.59. The van der Waals surface area contributed by atoms with Crippen molar-refractivity contribution in [3.63, 3.8) is 0 Å². The average Bonchev–Trinajstić information content (AvgIpc) is 2.62. The van der Waals surface area contributed by atoms with Crippen LogP contribution < -0.4 is 11.1 Å². The van der Waals surface area contributed by atoms with E-state index in [2.05, 4.69) is 20.4 Å². The highest BCUT2D eigenvalue weighted by Crippen LogP contribution is 2.23. The highest BCUT2D eigenvalue weighted by Gasteiger charge is 2.08. The van der Waals surface area contributed by atoms with Crippen molar-refractivity contribution in [2.24, 2.45) is 7.05 Å². The topological polar surface area (TPSA) is 81.7 Å². The Morgan fingerprint density at radius 2 is 2.24 bits per heavy atom. The van der Waals surface area contributed by atoms with Crippen molar-refractivity contribution in [2.75, 3.05) is 11.1 Å². The molecule has 17 heavy (non-hydrogen) atoms. The molecule has 0 atom stereocenters. The maximum absolute atomic E-state index is 5.97. The number of nitrogens with one attached hydrogen (secondary N) is 1. The van der Waals surface area contributed by atoms with Crippen molar-refractivity contribution < 1.29 is 0 Å². The van der Waals surface area contributed by atoms with Gasteiger partial charge in [0, 0.05) is 24.8 Å². The fraction of sp³-hybridized carbons (Fsp3) is 0.300. The lowest BCUT2D eigenvalue weighted by atomic mass is 10.2. The first-order valence-corrected chi connectivity index (χ1v) is 5.44. The van der Waals surface area contributed by atoms with Gasteiger partial charge in [-0.05, 0) is 6.92 Å². The molecule has 0 aliphatic heterocycles. The summed E-state index contributed by atoms with van der Waals surface area (Å²) in [5, 5.41) is 7.60. The quantitative estimate of drug-likeness (QED) is 0.862. The number of rotatable bonds is 3. The van der Waals surface area contributed by atoms with Crippen LogP contribution in [0.3, 0.4) is 0 Å². The van der Waals surface area contributed by atoms with Crippen LogP contribution in [0, 0.1) is 6.92 Å². The van der Waals surface area contributed by atoms with E-state index in [-0.39, 0.29) is 5.82 Å². The molecule has 2 aromatic heterocycles. The molecule has 0 aliphatic rings. The molecule has 0 radical (unpaired) electrons. The smallest absolute Gasteiger partial charge is 0.150 e. The predicted octanol–water partition coefficient (Wildman–Crippen LogP) is 1.37. The Bertz CT molecular complexity index is 536. The number of halogens is 1. The third-order valence-electron chi connectivity index (χ3n) is 2.60. The van der Waals surface area contributed by atoms with Crippen LogP contribution in [-0.2, 0) is 13.6 Å². The minimum Gasteiger partial charge on any atom is -0.382 e. The van der Waals surface area contributed by atoms with E-state index in [1.54, 1.807) is 6.20 Å². The molecule has 0 bridgehead atoms. The molecule has 2 heterocycles. The van der Waals surface area contributed by atoms with Gasteiger partial charge in [0.25, 0.3) is 0 Å². The van der Waals surface area contributed by atoms with Crippen LogP contribution >= 0.6 is 11.6 Å². The Morgan fingerprint density at radius 1 is 1.47 bits per heavy atom. The second-order valence-electron chi connectivity index (χ2n) is 3.65. The molecule has 0 amide bonds. The molecule has 0 saturated carbocycles. The normalized spacial score (nSPS) is 10.5. The fourth-order valence-corrected chi connectivity index (χ4v) is 1.57. The van der Waals surface area contributed by atoms with Crippen LogP contribution in [0.15, 0.2) is 12.5 Å². The summed E-state index contributed by atoms with van der Waals surface area (Å²) >= 11 is 5.97. The highest BCUT2D eigenvalue weighted by atomic mass is 35.5. The average molecular weight is 253 g/mol. The SMILES string of the molecule is Cc1c(CNc2ncnc(N)c2Cl)cnn1C. The van der Waals surface area contributed by atoms with Crippen molar-refractivity contribution in [3.8, 4) is 0 Å². The summed E-state index contributed by atoms with van der Waals surface area (Å²) < 4.78 is 1.81. The molecule has 0 aliphatic carbocycles. The van der Waals surface area contributed by atoms with Gasteiger partial charge in [0.05, 0.1) is 6.20 Å². The van der Waals surface area contributed by atoms with Crippen molar-refractivity contribution in [1.29, 1.82) is 0 Å². The number of nitrogens with two attached hydrogens (primary N) is 1. The summed E-state index contributed by atoms with van der Waals surface area (Å²) in [5.74, 6) is 0.800. The number of aryl methyl sites for hydroxylation is 1. The summed E-state index contributed by atoms with van der Waals surface area (Å²) in [5.41, 5.74) is 7.76. The Kier molecular flexibility index (Phi) is 3.14. The molecule has 2 rings (SSSR count). The summed E-state index contributed by atoms with van der Waals surface area (Å²) in [6, 6.07) is 0. The summed E-state index contributed by atoms with van der Waals surface area (Å²) in [6.07, 6.45) is 3.18. The van der Waals surface area contributed by atoms with E-state index in [0.29, 0.717) is 17.4 Å². The second-order valence-corrected chi connectivity index (χ2v) is 4.03. The fourth-order valence-electron chi connectivity index (χ4n) is 1.40. The summed E-state index contributed by atoms with van der Waals surface area (Å²) in [7, 11) is 1.90. The van der Waals surface area contributed by atoms with Crippen LogP contribution in [0.2, 0.25) is 5.02 Å². The van der Waals surface area contributed by atoms with E-state index in [4.69, 9.17) is 17.3 Å². The van der Waals surface area contributed by atoms with Gasteiger partial charge in [-0.15, -0.1) is 0 Å². The van der Waals surface area contributed by atoms with Gasteiger partial charge in [-0.1, -0.05) is 11.6 Å². The van der Waals surface area contributed by atoms with E-state index in [1.807, 2.05) is 18.7 Å². The van der Waals surface area contributed by atoms with E-state index in [1.165, 1.54) is 6.33 Å². The minimum absolute atomic E-state index is 0.270. The van der Waals surface area contributed by atoms with Crippen LogP contribution in [0.1, 0.15) is 11.3 Å². The van der Waals surface area contributed by atoms with Gasteiger partial charge in [-0.2, -0.15) is 5.10 Å². The maximum Gasteiger partial charge on any atom is 0.150 e. The standard InChI is InChI=1S/C10H13ClN6/c1-6-7(4-16-17(6)2)3-13-10-8(11)9(12)14-5-15-10/h4-5H,3H2,1-2H3,(H3,12,13,14,15). The first-order valence-electron chi connectivity index (χ1n) is 5.07. The highest BCUT2D eigenvalue weighted by molar-refractivity contribution is 6.35. The van der Waals surface area contributed by atoms with Crippen LogP contribution in [0.4, 0.5) is 11.6 Å².